The number of ether oxygens (including phenoxy) is 1. The van der Waals surface area contributed by atoms with Crippen LogP contribution in [0.25, 0.3) is 0 Å². The van der Waals surface area contributed by atoms with Crippen LogP contribution in [0.2, 0.25) is 0 Å². The highest BCUT2D eigenvalue weighted by molar-refractivity contribution is 6.17. The highest BCUT2D eigenvalue weighted by Crippen LogP contribution is 2.24. The van der Waals surface area contributed by atoms with Crippen LogP contribution in [-0.2, 0) is 5.88 Å². The Hall–Kier alpha value is -1.04. The molecule has 0 N–H and O–H groups in total. The van der Waals surface area contributed by atoms with Crippen LogP contribution >= 0.6 is 11.6 Å². The number of nitrogens with zero attached hydrogens (tertiary/aromatic N) is 1. The van der Waals surface area contributed by atoms with Gasteiger partial charge in [-0.1, -0.05) is 6.07 Å². The predicted molar refractivity (Wildman–Crippen MR) is 55.0 cm³/mol. The molecule has 2 nitrogen and oxygen atoms in total. The molecule has 1 aromatic heterocycles. The van der Waals surface area contributed by atoms with E-state index < -0.39 is 19.0 Å². The van der Waals surface area contributed by atoms with Crippen molar-refractivity contribution >= 4 is 11.6 Å². The number of rotatable bonds is 5. The second-order valence-electron chi connectivity index (χ2n) is 3.38. The standard InChI is InChI=1S/C10H10ClF4NO/c1-6-7(4-11)2-3-8(16-6)17-5-10(14,15)9(12)13/h2-3,9H,4-5H2,1H3. The Balaban J connectivity index is 2.67. The van der Waals surface area contributed by atoms with E-state index in [1.807, 2.05) is 0 Å². The topological polar surface area (TPSA) is 22.1 Å². The van der Waals surface area contributed by atoms with Crippen LogP contribution in [0.4, 0.5) is 17.6 Å². The summed E-state index contributed by atoms with van der Waals surface area (Å²) in [7, 11) is 0. The second-order valence-corrected chi connectivity index (χ2v) is 3.65. The summed E-state index contributed by atoms with van der Waals surface area (Å²) in [6.45, 7) is 0.215. The van der Waals surface area contributed by atoms with E-state index in [1.54, 1.807) is 13.0 Å². The first kappa shape index (κ1) is 14.0. The molecule has 0 aliphatic carbocycles. The molecule has 0 saturated heterocycles. The fourth-order valence-electron chi connectivity index (χ4n) is 1.02. The lowest BCUT2D eigenvalue weighted by atomic mass is 10.2. The van der Waals surface area contributed by atoms with Crippen molar-refractivity contribution in [2.75, 3.05) is 6.61 Å². The number of hydrogen-bond acceptors (Lipinski definition) is 2. The van der Waals surface area contributed by atoms with E-state index in [2.05, 4.69) is 9.72 Å². The minimum Gasteiger partial charge on any atom is -0.471 e. The molecule has 0 bridgehead atoms. The zero-order valence-corrected chi connectivity index (χ0v) is 9.65. The Morgan fingerprint density at radius 2 is 2.06 bits per heavy atom. The third kappa shape index (κ3) is 3.73. The minimum absolute atomic E-state index is 0.128. The van der Waals surface area contributed by atoms with Crippen LogP contribution in [0.3, 0.4) is 0 Å². The molecule has 1 aromatic rings. The summed E-state index contributed by atoms with van der Waals surface area (Å²) in [6.07, 6.45) is -3.76. The van der Waals surface area contributed by atoms with Gasteiger partial charge in [0.15, 0.2) is 6.61 Å². The van der Waals surface area contributed by atoms with Crippen molar-refractivity contribution in [2.45, 2.75) is 25.2 Å². The number of halogens is 5. The van der Waals surface area contributed by atoms with E-state index in [9.17, 15) is 17.6 Å². The van der Waals surface area contributed by atoms with E-state index in [-0.39, 0.29) is 11.8 Å². The summed E-state index contributed by atoms with van der Waals surface area (Å²) in [5, 5.41) is 0. The third-order valence-electron chi connectivity index (χ3n) is 2.05. The lowest BCUT2D eigenvalue weighted by molar-refractivity contribution is -0.148. The Kier molecular flexibility index (Phi) is 4.56. The first-order chi connectivity index (χ1) is 7.86. The summed E-state index contributed by atoms with van der Waals surface area (Å²) in [4.78, 5) is 3.82. The fourth-order valence-corrected chi connectivity index (χ4v) is 1.30. The van der Waals surface area contributed by atoms with Gasteiger partial charge < -0.3 is 4.74 Å². The average molecular weight is 272 g/mol. The van der Waals surface area contributed by atoms with Crippen molar-refractivity contribution in [1.29, 1.82) is 0 Å². The van der Waals surface area contributed by atoms with Gasteiger partial charge in [-0.2, -0.15) is 8.78 Å². The smallest absolute Gasteiger partial charge is 0.340 e. The molecule has 0 atom stereocenters. The largest absolute Gasteiger partial charge is 0.471 e. The van der Waals surface area contributed by atoms with Gasteiger partial charge in [-0.3, -0.25) is 0 Å². The molecule has 0 aliphatic heterocycles. The van der Waals surface area contributed by atoms with E-state index in [0.717, 1.165) is 5.56 Å². The minimum atomic E-state index is -4.18. The molecule has 96 valence electrons. The summed E-state index contributed by atoms with van der Waals surface area (Å²) in [5.41, 5.74) is 1.23. The summed E-state index contributed by atoms with van der Waals surface area (Å²) < 4.78 is 53.3. The van der Waals surface area contributed by atoms with Crippen molar-refractivity contribution in [3.63, 3.8) is 0 Å². The number of pyridine rings is 1. The molecule has 7 heteroatoms. The lowest BCUT2D eigenvalue weighted by Gasteiger charge is -2.15. The van der Waals surface area contributed by atoms with E-state index in [0.29, 0.717) is 5.69 Å². The quantitative estimate of drug-likeness (QED) is 0.605. The van der Waals surface area contributed by atoms with E-state index in [1.165, 1.54) is 6.07 Å². The van der Waals surface area contributed by atoms with Gasteiger partial charge in [0.2, 0.25) is 5.88 Å². The van der Waals surface area contributed by atoms with Gasteiger partial charge in [-0.15, -0.1) is 11.6 Å². The first-order valence-electron chi connectivity index (χ1n) is 4.68. The molecule has 0 fully saturated rings. The van der Waals surface area contributed by atoms with Gasteiger partial charge in [0.25, 0.3) is 0 Å². The Labute approximate surface area is 101 Å². The van der Waals surface area contributed by atoms with Gasteiger partial charge in [-0.05, 0) is 12.5 Å². The second kappa shape index (κ2) is 5.53. The number of hydrogen-bond donors (Lipinski definition) is 0. The predicted octanol–water partition coefficient (Wildman–Crippen LogP) is 3.41. The summed E-state index contributed by atoms with van der Waals surface area (Å²) >= 11 is 5.58. The Morgan fingerprint density at radius 1 is 1.41 bits per heavy atom. The molecule has 0 saturated carbocycles. The van der Waals surface area contributed by atoms with Crippen LogP contribution in [0.5, 0.6) is 5.88 Å². The molecule has 0 amide bonds. The van der Waals surface area contributed by atoms with E-state index in [4.69, 9.17) is 11.6 Å². The SMILES string of the molecule is Cc1nc(OCC(F)(F)C(F)F)ccc1CCl. The average Bonchev–Trinajstić information content (AvgIpc) is 2.26. The maximum absolute atomic E-state index is 12.6. The van der Waals surface area contributed by atoms with Crippen molar-refractivity contribution in [3.05, 3.63) is 23.4 Å². The van der Waals surface area contributed by atoms with Gasteiger partial charge >= 0.3 is 12.3 Å². The monoisotopic (exact) mass is 271 g/mol. The Morgan fingerprint density at radius 3 is 2.53 bits per heavy atom. The zero-order chi connectivity index (χ0) is 13.1. The van der Waals surface area contributed by atoms with Gasteiger partial charge in [0.05, 0.1) is 0 Å². The maximum Gasteiger partial charge on any atom is 0.340 e. The van der Waals surface area contributed by atoms with E-state index >= 15 is 0 Å². The molecule has 1 heterocycles. The molecule has 0 aliphatic rings. The molecule has 17 heavy (non-hydrogen) atoms. The highest BCUT2D eigenvalue weighted by Gasteiger charge is 2.41. The van der Waals surface area contributed by atoms with Gasteiger partial charge in [0, 0.05) is 17.6 Å². The molecule has 0 aromatic carbocycles. The molecular formula is C10H10ClF4NO. The van der Waals surface area contributed by atoms with Crippen molar-refractivity contribution < 1.29 is 22.3 Å². The normalized spacial score (nSPS) is 11.9. The van der Waals surface area contributed by atoms with Crippen LogP contribution < -0.4 is 4.74 Å². The zero-order valence-electron chi connectivity index (χ0n) is 8.89. The van der Waals surface area contributed by atoms with Crippen LogP contribution in [-0.4, -0.2) is 23.9 Å². The molecule has 0 radical (unpaired) electrons. The molecule has 0 unspecified atom stereocenters. The van der Waals surface area contributed by atoms with Gasteiger partial charge in [-0.25, -0.2) is 13.8 Å². The Bertz CT molecular complexity index is 387. The molecular weight excluding hydrogens is 262 g/mol. The number of aryl methyl sites for hydroxylation is 1. The fraction of sp³-hybridized carbons (Fsp3) is 0.500. The summed E-state index contributed by atoms with van der Waals surface area (Å²) in [5.74, 6) is -4.08. The number of alkyl halides is 5. The number of aromatic nitrogens is 1. The molecule has 0 spiro atoms. The van der Waals surface area contributed by atoms with Crippen molar-refractivity contribution in [3.8, 4) is 5.88 Å². The summed E-state index contributed by atoms with van der Waals surface area (Å²) in [6, 6.07) is 2.86. The van der Waals surface area contributed by atoms with Crippen molar-refractivity contribution in [1.82, 2.24) is 4.98 Å². The van der Waals surface area contributed by atoms with Crippen LogP contribution in [0, 0.1) is 6.92 Å². The van der Waals surface area contributed by atoms with Crippen molar-refractivity contribution in [2.24, 2.45) is 0 Å². The first-order valence-corrected chi connectivity index (χ1v) is 5.21. The lowest BCUT2D eigenvalue weighted by Crippen LogP contribution is -2.33. The van der Waals surface area contributed by atoms with Crippen LogP contribution in [0.15, 0.2) is 12.1 Å². The van der Waals surface area contributed by atoms with Crippen LogP contribution in [0.1, 0.15) is 11.3 Å². The molecule has 1 rings (SSSR count). The maximum atomic E-state index is 12.6. The third-order valence-corrected chi connectivity index (χ3v) is 2.33. The highest BCUT2D eigenvalue weighted by atomic mass is 35.5. The van der Waals surface area contributed by atoms with Gasteiger partial charge in [0.1, 0.15) is 0 Å².